The van der Waals surface area contributed by atoms with Crippen LogP contribution in [0.1, 0.15) is 29.2 Å². The molecule has 1 atom stereocenters. The van der Waals surface area contributed by atoms with E-state index in [0.717, 1.165) is 33.6 Å². The molecule has 0 N–H and O–H groups in total. The first-order valence-electron chi connectivity index (χ1n) is 6.28. The van der Waals surface area contributed by atoms with Gasteiger partial charge in [-0.2, -0.15) is 0 Å². The van der Waals surface area contributed by atoms with E-state index >= 15 is 0 Å². The lowest BCUT2D eigenvalue weighted by atomic mass is 9.75. The van der Waals surface area contributed by atoms with Crippen LogP contribution < -0.4 is 0 Å². The van der Waals surface area contributed by atoms with Crippen LogP contribution in [0.15, 0.2) is 42.5 Å². The Morgan fingerprint density at radius 2 is 1.68 bits per heavy atom. The largest absolute Gasteiger partial charge is 0.302 e. The van der Waals surface area contributed by atoms with Crippen molar-refractivity contribution in [2.45, 2.75) is 26.2 Å². The van der Waals surface area contributed by atoms with Gasteiger partial charge in [0.25, 0.3) is 0 Å². The number of carbonyl (C=O) groups excluding carboxylic acids is 1. The van der Waals surface area contributed by atoms with Crippen molar-refractivity contribution in [2.24, 2.45) is 0 Å². The Kier molecular flexibility index (Phi) is 3.77. The summed E-state index contributed by atoms with van der Waals surface area (Å²) >= 11 is 6.14. The molecule has 0 spiro atoms. The fourth-order valence-electron chi connectivity index (χ4n) is 2.41. The first-order chi connectivity index (χ1) is 8.99. The fourth-order valence-corrected chi connectivity index (χ4v) is 2.63. The Bertz CT molecular complexity index is 604. The number of hydrogen-bond acceptors (Lipinski definition) is 1. The molecule has 2 rings (SSSR count). The molecule has 0 fully saturated rings. The van der Waals surface area contributed by atoms with Crippen LogP contribution in [-0.2, 0) is 10.2 Å². The van der Waals surface area contributed by atoms with E-state index in [1.54, 1.807) is 0 Å². The van der Waals surface area contributed by atoms with Crippen LogP contribution >= 0.6 is 11.6 Å². The lowest BCUT2D eigenvalue weighted by Crippen LogP contribution is -2.26. The topological polar surface area (TPSA) is 17.1 Å². The Balaban J connectivity index is 2.66. The molecule has 1 unspecified atom stereocenters. The monoisotopic (exact) mass is 272 g/mol. The van der Waals surface area contributed by atoms with Crippen molar-refractivity contribution in [3.8, 4) is 0 Å². The number of rotatable bonds is 3. The molecule has 0 aliphatic carbocycles. The summed E-state index contributed by atoms with van der Waals surface area (Å²) < 4.78 is 0. The third-order valence-corrected chi connectivity index (χ3v) is 4.08. The minimum atomic E-state index is -0.638. The number of aryl methyl sites for hydroxylation is 2. The van der Waals surface area contributed by atoms with E-state index in [9.17, 15) is 4.79 Å². The maximum absolute atomic E-state index is 11.7. The number of benzene rings is 2. The van der Waals surface area contributed by atoms with Gasteiger partial charge in [0, 0.05) is 5.02 Å². The lowest BCUT2D eigenvalue weighted by Gasteiger charge is -2.27. The number of carbonyl (C=O) groups is 1. The van der Waals surface area contributed by atoms with Crippen molar-refractivity contribution in [1.29, 1.82) is 0 Å². The molecular weight excluding hydrogens is 256 g/mol. The van der Waals surface area contributed by atoms with Gasteiger partial charge in [0.05, 0.1) is 5.41 Å². The predicted molar refractivity (Wildman–Crippen MR) is 79.9 cm³/mol. The van der Waals surface area contributed by atoms with Crippen molar-refractivity contribution >= 4 is 17.9 Å². The van der Waals surface area contributed by atoms with E-state index in [2.05, 4.69) is 0 Å². The number of halogens is 1. The molecule has 2 aromatic rings. The lowest BCUT2D eigenvalue weighted by molar-refractivity contribution is -0.111. The molecule has 19 heavy (non-hydrogen) atoms. The Labute approximate surface area is 119 Å². The number of hydrogen-bond donors (Lipinski definition) is 0. The number of aldehydes is 1. The highest BCUT2D eigenvalue weighted by atomic mass is 35.5. The Morgan fingerprint density at radius 3 is 2.26 bits per heavy atom. The van der Waals surface area contributed by atoms with E-state index in [0.29, 0.717) is 0 Å². The average molecular weight is 273 g/mol. The second-order valence-electron chi connectivity index (χ2n) is 5.10. The smallest absolute Gasteiger partial charge is 0.134 e. The minimum Gasteiger partial charge on any atom is -0.302 e. The SMILES string of the molecule is Cc1cc(C(C)(C=O)c2ccccc2)c(C)cc1Cl. The van der Waals surface area contributed by atoms with Gasteiger partial charge in [-0.25, -0.2) is 0 Å². The van der Waals surface area contributed by atoms with Gasteiger partial charge in [0.1, 0.15) is 6.29 Å². The molecule has 0 bridgehead atoms. The van der Waals surface area contributed by atoms with Crippen molar-refractivity contribution in [3.05, 3.63) is 69.7 Å². The van der Waals surface area contributed by atoms with Crippen LogP contribution in [0.5, 0.6) is 0 Å². The van der Waals surface area contributed by atoms with E-state index in [-0.39, 0.29) is 0 Å². The minimum absolute atomic E-state index is 0.638. The van der Waals surface area contributed by atoms with Gasteiger partial charge in [-0.1, -0.05) is 48.0 Å². The van der Waals surface area contributed by atoms with Crippen LogP contribution in [0.3, 0.4) is 0 Å². The Hall–Kier alpha value is -1.60. The third kappa shape index (κ3) is 2.43. The molecule has 0 saturated heterocycles. The van der Waals surface area contributed by atoms with Crippen molar-refractivity contribution < 1.29 is 4.79 Å². The molecule has 0 amide bonds. The van der Waals surface area contributed by atoms with Crippen molar-refractivity contribution in [3.63, 3.8) is 0 Å². The third-order valence-electron chi connectivity index (χ3n) is 3.67. The van der Waals surface area contributed by atoms with Gasteiger partial charge in [-0.3, -0.25) is 0 Å². The molecular formula is C17H17ClO. The molecule has 98 valence electrons. The van der Waals surface area contributed by atoms with E-state index < -0.39 is 5.41 Å². The first kappa shape index (κ1) is 13.8. The highest BCUT2D eigenvalue weighted by Crippen LogP contribution is 2.34. The summed E-state index contributed by atoms with van der Waals surface area (Å²) in [5, 5.41) is 0.738. The van der Waals surface area contributed by atoms with Crippen LogP contribution in [-0.4, -0.2) is 6.29 Å². The zero-order valence-electron chi connectivity index (χ0n) is 11.4. The molecule has 2 heteroatoms. The predicted octanol–water partition coefficient (Wildman–Crippen LogP) is 4.46. The van der Waals surface area contributed by atoms with Crippen LogP contribution in [0.25, 0.3) is 0 Å². The Morgan fingerprint density at radius 1 is 1.05 bits per heavy atom. The second kappa shape index (κ2) is 5.18. The zero-order valence-corrected chi connectivity index (χ0v) is 12.2. The summed E-state index contributed by atoms with van der Waals surface area (Å²) in [6, 6.07) is 13.8. The van der Waals surface area contributed by atoms with Crippen molar-refractivity contribution in [2.75, 3.05) is 0 Å². The van der Waals surface area contributed by atoms with E-state index in [4.69, 9.17) is 11.6 Å². The molecule has 0 heterocycles. The molecule has 2 aromatic carbocycles. The quantitative estimate of drug-likeness (QED) is 0.754. The average Bonchev–Trinajstić information content (AvgIpc) is 2.43. The summed E-state index contributed by atoms with van der Waals surface area (Å²) in [6.07, 6.45) is 1.01. The van der Waals surface area contributed by atoms with Crippen molar-refractivity contribution in [1.82, 2.24) is 0 Å². The second-order valence-corrected chi connectivity index (χ2v) is 5.51. The molecule has 0 saturated carbocycles. The van der Waals surface area contributed by atoms with E-state index in [1.165, 1.54) is 0 Å². The van der Waals surface area contributed by atoms with Crippen LogP contribution in [0, 0.1) is 13.8 Å². The summed E-state index contributed by atoms with van der Waals surface area (Å²) in [4.78, 5) is 11.7. The van der Waals surface area contributed by atoms with Gasteiger partial charge in [-0.15, -0.1) is 0 Å². The van der Waals surface area contributed by atoms with Gasteiger partial charge in [0.2, 0.25) is 0 Å². The van der Waals surface area contributed by atoms with Gasteiger partial charge in [0.15, 0.2) is 0 Å². The molecule has 0 aromatic heterocycles. The zero-order chi connectivity index (χ0) is 14.0. The van der Waals surface area contributed by atoms with Gasteiger partial charge >= 0.3 is 0 Å². The highest BCUT2D eigenvalue weighted by Gasteiger charge is 2.30. The summed E-state index contributed by atoms with van der Waals surface area (Å²) in [7, 11) is 0. The molecule has 1 nitrogen and oxygen atoms in total. The molecule has 0 aliphatic heterocycles. The van der Waals surface area contributed by atoms with Gasteiger partial charge < -0.3 is 4.79 Å². The fraction of sp³-hybridized carbons (Fsp3) is 0.235. The van der Waals surface area contributed by atoms with Crippen LogP contribution in [0.4, 0.5) is 0 Å². The maximum Gasteiger partial charge on any atom is 0.134 e. The standard InChI is InChI=1S/C17H17ClO/c1-12-10-16(18)13(2)9-15(12)17(3,11-19)14-7-5-4-6-8-14/h4-11H,1-3H3. The maximum atomic E-state index is 11.7. The highest BCUT2D eigenvalue weighted by molar-refractivity contribution is 6.31. The molecule has 0 aliphatic rings. The summed E-state index contributed by atoms with van der Waals surface area (Å²) in [6.45, 7) is 5.90. The van der Waals surface area contributed by atoms with E-state index in [1.807, 2.05) is 63.2 Å². The normalized spacial score (nSPS) is 13.9. The molecule has 0 radical (unpaired) electrons. The van der Waals surface area contributed by atoms with Gasteiger partial charge in [-0.05, 0) is 49.1 Å². The summed E-state index contributed by atoms with van der Waals surface area (Å²) in [5.74, 6) is 0. The first-order valence-corrected chi connectivity index (χ1v) is 6.66. The van der Waals surface area contributed by atoms with Crippen LogP contribution in [0.2, 0.25) is 5.02 Å². The summed E-state index contributed by atoms with van der Waals surface area (Å²) in [5.41, 5.74) is 3.39.